The lowest BCUT2D eigenvalue weighted by atomic mass is 10.0. The molecule has 9 heteroatoms. The van der Waals surface area contributed by atoms with Crippen LogP contribution in [0.2, 0.25) is 0 Å². The summed E-state index contributed by atoms with van der Waals surface area (Å²) in [7, 11) is -3.21. The largest absolute Gasteiger partial charge is 0.381 e. The number of aromatic nitrogens is 4. The summed E-state index contributed by atoms with van der Waals surface area (Å²) in [5.41, 5.74) is 1.50. The van der Waals surface area contributed by atoms with Gasteiger partial charge in [0.15, 0.2) is 15.5 Å². The lowest BCUT2D eigenvalue weighted by molar-refractivity contribution is 0.0605. The molecule has 8 nitrogen and oxygen atoms in total. The van der Waals surface area contributed by atoms with E-state index in [0.29, 0.717) is 11.9 Å². The van der Waals surface area contributed by atoms with Gasteiger partial charge in [0.2, 0.25) is 5.95 Å². The van der Waals surface area contributed by atoms with E-state index in [1.807, 2.05) is 4.68 Å². The third-order valence-corrected chi connectivity index (χ3v) is 5.82. The van der Waals surface area contributed by atoms with E-state index in [4.69, 9.17) is 4.74 Å². The van der Waals surface area contributed by atoms with Gasteiger partial charge in [0.05, 0.1) is 16.5 Å². The molecule has 4 rings (SSSR count). The zero-order valence-corrected chi connectivity index (χ0v) is 15.8. The van der Waals surface area contributed by atoms with Crippen LogP contribution in [0.3, 0.4) is 0 Å². The highest BCUT2D eigenvalue weighted by atomic mass is 32.2. The van der Waals surface area contributed by atoms with Crippen LogP contribution >= 0.6 is 0 Å². The van der Waals surface area contributed by atoms with Crippen LogP contribution in [-0.4, -0.2) is 47.6 Å². The molecule has 0 amide bonds. The van der Waals surface area contributed by atoms with Crippen LogP contribution < -0.4 is 5.32 Å². The Bertz CT molecular complexity index is 1040. The summed E-state index contributed by atoms with van der Waals surface area (Å²) in [4.78, 5) is 9.19. The zero-order chi connectivity index (χ0) is 18.9. The number of sulfone groups is 1. The molecule has 2 aromatic heterocycles. The molecule has 0 saturated carbocycles. The Morgan fingerprint density at radius 3 is 2.63 bits per heavy atom. The number of hydrogen-bond donors (Lipinski definition) is 1. The Hall–Kier alpha value is -2.52. The number of anilines is 2. The quantitative estimate of drug-likeness (QED) is 0.717. The molecule has 1 saturated heterocycles. The number of hydrogen-bond acceptors (Lipinski definition) is 7. The molecule has 0 bridgehead atoms. The summed E-state index contributed by atoms with van der Waals surface area (Å²) in [6.45, 7) is 2.41. The molecule has 1 aliphatic rings. The smallest absolute Gasteiger partial charge is 0.229 e. The van der Waals surface area contributed by atoms with Crippen molar-refractivity contribution in [2.75, 3.05) is 24.8 Å². The van der Waals surface area contributed by atoms with Crippen molar-refractivity contribution in [1.82, 2.24) is 19.7 Å². The first-order valence-corrected chi connectivity index (χ1v) is 10.7. The molecule has 0 spiro atoms. The molecule has 3 aromatic rings. The van der Waals surface area contributed by atoms with E-state index >= 15 is 0 Å². The lowest BCUT2D eigenvalue weighted by Crippen LogP contribution is -2.21. The topological polar surface area (TPSA) is 99.0 Å². The molecule has 1 aromatic carbocycles. The van der Waals surface area contributed by atoms with Crippen LogP contribution in [0, 0.1) is 5.92 Å². The van der Waals surface area contributed by atoms with Crippen molar-refractivity contribution in [3.63, 3.8) is 0 Å². The Kier molecular flexibility index (Phi) is 4.79. The van der Waals surface area contributed by atoms with Gasteiger partial charge in [0.25, 0.3) is 0 Å². The Balaban J connectivity index is 1.54. The van der Waals surface area contributed by atoms with Crippen LogP contribution in [0.25, 0.3) is 11.0 Å². The van der Waals surface area contributed by atoms with Crippen molar-refractivity contribution in [1.29, 1.82) is 0 Å². The number of nitrogens with one attached hydrogen (secondary N) is 1. The maximum absolute atomic E-state index is 11.6. The van der Waals surface area contributed by atoms with Gasteiger partial charge in [0, 0.05) is 37.9 Å². The summed E-state index contributed by atoms with van der Waals surface area (Å²) >= 11 is 0. The molecule has 0 atom stereocenters. The number of fused-ring (bicyclic) bond motifs is 1. The van der Waals surface area contributed by atoms with E-state index < -0.39 is 9.84 Å². The summed E-state index contributed by atoms with van der Waals surface area (Å²) < 4.78 is 30.5. The lowest BCUT2D eigenvalue weighted by Gasteiger charge is -2.21. The molecule has 3 heterocycles. The second-order valence-electron chi connectivity index (χ2n) is 6.78. The van der Waals surface area contributed by atoms with E-state index in [2.05, 4.69) is 20.4 Å². The standard InChI is InChI=1S/C18H21N5O3S/c1-27(24,25)16-4-2-15(3-5-16)21-18-19-10-14-11-20-23(17(14)22-18)12-13-6-8-26-9-7-13/h2-5,10-11,13H,6-9,12H2,1H3,(H,19,21,22). The van der Waals surface area contributed by atoms with Gasteiger partial charge in [-0.05, 0) is 43.0 Å². The van der Waals surface area contributed by atoms with E-state index in [9.17, 15) is 8.42 Å². The Morgan fingerprint density at radius 1 is 1.19 bits per heavy atom. The minimum Gasteiger partial charge on any atom is -0.381 e. The second-order valence-corrected chi connectivity index (χ2v) is 8.79. The van der Waals surface area contributed by atoms with Crippen molar-refractivity contribution in [2.24, 2.45) is 5.92 Å². The first-order chi connectivity index (χ1) is 13.0. The first-order valence-electron chi connectivity index (χ1n) is 8.82. The fourth-order valence-corrected chi connectivity index (χ4v) is 3.78. The second kappa shape index (κ2) is 7.24. The zero-order valence-electron chi connectivity index (χ0n) is 15.0. The van der Waals surface area contributed by atoms with E-state index in [-0.39, 0.29) is 4.90 Å². The SMILES string of the molecule is CS(=O)(=O)c1ccc(Nc2ncc3cnn(CC4CCOCC4)c3n2)cc1. The summed E-state index contributed by atoms with van der Waals surface area (Å²) in [6.07, 6.45) is 6.77. The molecule has 1 fully saturated rings. The number of ether oxygens (including phenoxy) is 1. The van der Waals surface area contributed by atoms with Gasteiger partial charge in [-0.1, -0.05) is 0 Å². The molecular weight excluding hydrogens is 366 g/mol. The normalized spacial score (nSPS) is 15.9. The van der Waals surface area contributed by atoms with Gasteiger partial charge in [-0.2, -0.15) is 10.1 Å². The predicted molar refractivity (Wildman–Crippen MR) is 102 cm³/mol. The summed E-state index contributed by atoms with van der Waals surface area (Å²) in [5, 5.41) is 8.46. The minimum atomic E-state index is -3.21. The molecule has 142 valence electrons. The molecule has 0 unspecified atom stereocenters. The number of nitrogens with zero attached hydrogens (tertiary/aromatic N) is 4. The van der Waals surface area contributed by atoms with E-state index in [1.165, 1.54) is 6.26 Å². The molecule has 27 heavy (non-hydrogen) atoms. The first kappa shape index (κ1) is 17.9. The number of benzene rings is 1. The monoisotopic (exact) mass is 387 g/mol. The molecule has 0 aliphatic carbocycles. The number of rotatable bonds is 5. The van der Waals surface area contributed by atoms with Gasteiger partial charge in [-0.25, -0.2) is 18.1 Å². The van der Waals surface area contributed by atoms with E-state index in [0.717, 1.165) is 49.3 Å². The maximum Gasteiger partial charge on any atom is 0.229 e. The van der Waals surface area contributed by atoms with Crippen molar-refractivity contribution in [3.8, 4) is 0 Å². The fraction of sp³-hybridized carbons (Fsp3) is 0.389. The predicted octanol–water partition coefficient (Wildman–Crippen LogP) is 2.40. The summed E-state index contributed by atoms with van der Waals surface area (Å²) in [5.74, 6) is 0.986. The van der Waals surface area contributed by atoms with Crippen LogP contribution in [0.4, 0.5) is 11.6 Å². The molecule has 0 radical (unpaired) electrons. The highest BCUT2D eigenvalue weighted by molar-refractivity contribution is 7.90. The minimum absolute atomic E-state index is 0.277. The third-order valence-electron chi connectivity index (χ3n) is 4.69. The van der Waals surface area contributed by atoms with Crippen molar-refractivity contribution >= 4 is 32.5 Å². The maximum atomic E-state index is 11.6. The average Bonchev–Trinajstić information content (AvgIpc) is 3.04. The Morgan fingerprint density at radius 2 is 1.93 bits per heavy atom. The average molecular weight is 387 g/mol. The highest BCUT2D eigenvalue weighted by Crippen LogP contribution is 2.21. The molecule has 1 N–H and O–H groups in total. The van der Waals surface area contributed by atoms with Crippen molar-refractivity contribution < 1.29 is 13.2 Å². The van der Waals surface area contributed by atoms with E-state index in [1.54, 1.807) is 36.7 Å². The third kappa shape index (κ3) is 4.09. The van der Waals surface area contributed by atoms with Gasteiger partial charge < -0.3 is 10.1 Å². The summed E-state index contributed by atoms with van der Waals surface area (Å²) in [6, 6.07) is 6.52. The van der Waals surface area contributed by atoms with Crippen molar-refractivity contribution in [2.45, 2.75) is 24.3 Å². The van der Waals surface area contributed by atoms with Gasteiger partial charge in [-0.15, -0.1) is 0 Å². The van der Waals surface area contributed by atoms with Crippen LogP contribution in [0.15, 0.2) is 41.6 Å². The van der Waals surface area contributed by atoms with Gasteiger partial charge in [0.1, 0.15) is 0 Å². The highest BCUT2D eigenvalue weighted by Gasteiger charge is 2.17. The van der Waals surface area contributed by atoms with Crippen LogP contribution in [0.1, 0.15) is 12.8 Å². The molecule has 1 aliphatic heterocycles. The van der Waals surface area contributed by atoms with Crippen molar-refractivity contribution in [3.05, 3.63) is 36.7 Å². The van der Waals surface area contributed by atoms with Crippen LogP contribution in [0.5, 0.6) is 0 Å². The van der Waals surface area contributed by atoms with Crippen LogP contribution in [-0.2, 0) is 21.1 Å². The fourth-order valence-electron chi connectivity index (χ4n) is 3.15. The Labute approximate surface area is 157 Å². The van der Waals surface area contributed by atoms with Gasteiger partial charge >= 0.3 is 0 Å². The van der Waals surface area contributed by atoms with Gasteiger partial charge in [-0.3, -0.25) is 0 Å². The molecular formula is C18H21N5O3S.